The number of hydrogen-bond acceptors (Lipinski definition) is 4. The third-order valence-corrected chi connectivity index (χ3v) is 4.20. The Bertz CT molecular complexity index is 850. The van der Waals surface area contributed by atoms with E-state index in [1.54, 1.807) is 38.3 Å². The van der Waals surface area contributed by atoms with Crippen molar-refractivity contribution >= 4 is 39.1 Å². The van der Waals surface area contributed by atoms with E-state index in [1.165, 1.54) is 0 Å². The normalized spacial score (nSPS) is 11.0. The Balaban J connectivity index is 1.96. The van der Waals surface area contributed by atoms with Crippen LogP contribution in [-0.2, 0) is 4.79 Å². The Labute approximate surface area is 160 Å². The largest absolute Gasteiger partial charge is 0.495 e. The highest BCUT2D eigenvalue weighted by Gasteiger charge is 2.11. The molecule has 2 aromatic carbocycles. The molecule has 2 aromatic rings. The van der Waals surface area contributed by atoms with E-state index in [9.17, 15) is 9.59 Å². The van der Waals surface area contributed by atoms with Crippen LogP contribution in [0.1, 0.15) is 29.3 Å². The number of anilines is 1. The molecule has 6 nitrogen and oxygen atoms in total. The molecule has 2 amide bonds. The van der Waals surface area contributed by atoms with Crippen molar-refractivity contribution in [2.45, 2.75) is 20.3 Å². The number of carbonyl (C=O) groups excluding carboxylic acids is 2. The molecule has 0 aliphatic carbocycles. The van der Waals surface area contributed by atoms with Crippen LogP contribution in [0.4, 0.5) is 5.69 Å². The van der Waals surface area contributed by atoms with E-state index in [0.717, 1.165) is 5.56 Å². The molecule has 0 radical (unpaired) electrons. The van der Waals surface area contributed by atoms with E-state index in [1.807, 2.05) is 25.1 Å². The number of carbonyl (C=O) groups is 2. The van der Waals surface area contributed by atoms with Gasteiger partial charge < -0.3 is 10.1 Å². The summed E-state index contributed by atoms with van der Waals surface area (Å²) in [5, 5.41) is 6.78. The lowest BCUT2D eigenvalue weighted by Gasteiger charge is -2.11. The third-order valence-electron chi connectivity index (χ3n) is 3.51. The number of hydrogen-bond donors (Lipinski definition) is 2. The van der Waals surface area contributed by atoms with Gasteiger partial charge in [0.15, 0.2) is 0 Å². The first-order valence-corrected chi connectivity index (χ1v) is 8.72. The lowest BCUT2D eigenvalue weighted by Crippen LogP contribution is -2.22. The number of amides is 2. The van der Waals surface area contributed by atoms with Gasteiger partial charge in [0.1, 0.15) is 5.75 Å². The Morgan fingerprint density at radius 1 is 1.19 bits per heavy atom. The maximum absolute atomic E-state index is 12.2. The van der Waals surface area contributed by atoms with E-state index in [4.69, 9.17) is 4.74 Å². The number of benzene rings is 2. The van der Waals surface area contributed by atoms with Crippen LogP contribution in [0.5, 0.6) is 5.75 Å². The van der Waals surface area contributed by atoms with Gasteiger partial charge in [-0.05, 0) is 59.6 Å². The number of nitrogens with zero attached hydrogens (tertiary/aromatic N) is 1. The summed E-state index contributed by atoms with van der Waals surface area (Å²) >= 11 is 3.32. The fourth-order valence-corrected chi connectivity index (χ4v) is 2.70. The number of halogens is 1. The highest BCUT2D eigenvalue weighted by molar-refractivity contribution is 9.10. The number of methoxy groups -OCH3 is 1. The second-order valence-electron chi connectivity index (χ2n) is 5.70. The van der Waals surface area contributed by atoms with Crippen molar-refractivity contribution < 1.29 is 14.3 Å². The van der Waals surface area contributed by atoms with Crippen molar-refractivity contribution in [3.05, 3.63) is 58.1 Å². The molecule has 2 N–H and O–H groups in total. The van der Waals surface area contributed by atoms with Crippen molar-refractivity contribution in [3.63, 3.8) is 0 Å². The minimum Gasteiger partial charge on any atom is -0.495 e. The molecule has 0 fully saturated rings. The molecule has 7 heteroatoms. The predicted molar refractivity (Wildman–Crippen MR) is 106 cm³/mol. The average Bonchev–Trinajstić information content (AvgIpc) is 2.60. The SMILES string of the molecule is COc1ccc(C)cc1NC(=O)C/C(C)=N/NC(=O)c1ccccc1Br. The molecule has 0 atom stereocenters. The molecule has 0 bridgehead atoms. The van der Waals surface area contributed by atoms with Gasteiger partial charge in [0.2, 0.25) is 5.91 Å². The minimum atomic E-state index is -0.349. The van der Waals surface area contributed by atoms with Gasteiger partial charge in [0.25, 0.3) is 5.91 Å². The first kappa shape index (κ1) is 19.7. The van der Waals surface area contributed by atoms with Crippen LogP contribution in [0, 0.1) is 6.92 Å². The zero-order valence-electron chi connectivity index (χ0n) is 14.8. The van der Waals surface area contributed by atoms with Gasteiger partial charge in [-0.1, -0.05) is 18.2 Å². The zero-order chi connectivity index (χ0) is 19.1. The lowest BCUT2D eigenvalue weighted by molar-refractivity contribution is -0.115. The molecule has 2 rings (SSSR count). The predicted octanol–water partition coefficient (Wildman–Crippen LogP) is 3.90. The van der Waals surface area contributed by atoms with E-state index < -0.39 is 0 Å². The zero-order valence-corrected chi connectivity index (χ0v) is 16.4. The molecule has 0 aliphatic heterocycles. The molecule has 0 saturated heterocycles. The summed E-state index contributed by atoms with van der Waals surface area (Å²) in [4.78, 5) is 24.3. The van der Waals surface area contributed by atoms with E-state index in [-0.39, 0.29) is 18.2 Å². The Morgan fingerprint density at radius 2 is 1.92 bits per heavy atom. The summed E-state index contributed by atoms with van der Waals surface area (Å²) in [5.74, 6) is -0.0105. The fraction of sp³-hybridized carbons (Fsp3) is 0.211. The van der Waals surface area contributed by atoms with Crippen LogP contribution in [0.2, 0.25) is 0 Å². The first-order valence-electron chi connectivity index (χ1n) is 7.93. The number of nitrogens with one attached hydrogen (secondary N) is 2. The third kappa shape index (κ3) is 5.42. The van der Waals surface area contributed by atoms with E-state index >= 15 is 0 Å². The maximum Gasteiger partial charge on any atom is 0.272 e. The van der Waals surface area contributed by atoms with Crippen molar-refractivity contribution in [2.24, 2.45) is 5.10 Å². The first-order chi connectivity index (χ1) is 12.4. The molecule has 0 unspecified atom stereocenters. The summed E-state index contributed by atoms with van der Waals surface area (Å²) in [6.07, 6.45) is 0.0489. The van der Waals surface area contributed by atoms with Gasteiger partial charge in [-0.15, -0.1) is 0 Å². The smallest absolute Gasteiger partial charge is 0.272 e. The van der Waals surface area contributed by atoms with Gasteiger partial charge in [0.05, 0.1) is 24.8 Å². The standard InChI is InChI=1S/C19H20BrN3O3/c1-12-8-9-17(26-3)16(10-12)21-18(24)11-13(2)22-23-19(25)14-6-4-5-7-15(14)20/h4-10H,11H2,1-3H3,(H,21,24)(H,23,25)/b22-13+. The van der Waals surface area contributed by atoms with Crippen molar-refractivity contribution in [1.29, 1.82) is 0 Å². The topological polar surface area (TPSA) is 79.8 Å². The van der Waals surface area contributed by atoms with Crippen molar-refractivity contribution in [1.82, 2.24) is 5.43 Å². The number of ether oxygens (including phenoxy) is 1. The molecule has 0 saturated carbocycles. The van der Waals surface area contributed by atoms with Gasteiger partial charge in [0, 0.05) is 10.2 Å². The second-order valence-corrected chi connectivity index (χ2v) is 6.55. The molecular formula is C19H20BrN3O3. The van der Waals surface area contributed by atoms with Crippen LogP contribution >= 0.6 is 15.9 Å². The lowest BCUT2D eigenvalue weighted by atomic mass is 10.2. The van der Waals surface area contributed by atoms with Gasteiger partial charge in [-0.3, -0.25) is 9.59 Å². The quantitative estimate of drug-likeness (QED) is 0.552. The average molecular weight is 418 g/mol. The van der Waals surface area contributed by atoms with Crippen LogP contribution in [0.3, 0.4) is 0 Å². The van der Waals surface area contributed by atoms with E-state index in [0.29, 0.717) is 27.2 Å². The highest BCUT2D eigenvalue weighted by atomic mass is 79.9. The summed E-state index contributed by atoms with van der Waals surface area (Å²) in [6.45, 7) is 3.60. The minimum absolute atomic E-state index is 0.0489. The van der Waals surface area contributed by atoms with Gasteiger partial charge >= 0.3 is 0 Å². The monoisotopic (exact) mass is 417 g/mol. The van der Waals surface area contributed by atoms with Crippen molar-refractivity contribution in [2.75, 3.05) is 12.4 Å². The summed E-state index contributed by atoms with van der Waals surface area (Å²) in [5.41, 5.74) is 5.01. The number of aryl methyl sites for hydroxylation is 1. The van der Waals surface area contributed by atoms with Crippen LogP contribution in [-0.4, -0.2) is 24.6 Å². The highest BCUT2D eigenvalue weighted by Crippen LogP contribution is 2.25. The van der Waals surface area contributed by atoms with E-state index in [2.05, 4.69) is 31.8 Å². The summed E-state index contributed by atoms with van der Waals surface area (Å²) < 4.78 is 5.91. The van der Waals surface area contributed by atoms with Gasteiger partial charge in [-0.2, -0.15) is 5.10 Å². The Morgan fingerprint density at radius 3 is 2.62 bits per heavy atom. The molecule has 0 aliphatic rings. The van der Waals surface area contributed by atoms with Gasteiger partial charge in [-0.25, -0.2) is 5.43 Å². The summed E-state index contributed by atoms with van der Waals surface area (Å²) in [6, 6.07) is 12.6. The molecule has 26 heavy (non-hydrogen) atoms. The maximum atomic E-state index is 12.2. The summed E-state index contributed by atoms with van der Waals surface area (Å²) in [7, 11) is 1.55. The van der Waals surface area contributed by atoms with Crippen LogP contribution < -0.4 is 15.5 Å². The molecule has 0 aromatic heterocycles. The van der Waals surface area contributed by atoms with Crippen LogP contribution in [0.15, 0.2) is 52.0 Å². The molecule has 0 heterocycles. The Hall–Kier alpha value is -2.67. The molecule has 0 spiro atoms. The fourth-order valence-electron chi connectivity index (χ4n) is 2.24. The van der Waals surface area contributed by atoms with Crippen LogP contribution in [0.25, 0.3) is 0 Å². The second kappa shape index (κ2) is 9.15. The molecule has 136 valence electrons. The Kier molecular flexibility index (Phi) is 6.91. The number of hydrazone groups is 1. The number of rotatable bonds is 6. The molecular weight excluding hydrogens is 398 g/mol. The van der Waals surface area contributed by atoms with Crippen molar-refractivity contribution in [3.8, 4) is 5.75 Å².